The lowest BCUT2D eigenvalue weighted by atomic mass is 9.76. The molecular weight excluding hydrogens is 412 g/mol. The zero-order valence-electron chi connectivity index (χ0n) is 18.4. The standard InChI is InChI=1S/C26H33ClO4/c1-3-17-8-10-18(11-9-17)14-21-22-16-30-26(31-20(4-2)15-28,23(22)12-13-24(21)27)25(29)19-6-5-7-19/h8-13,19-20,25,28-29H,3-7,14-16H2,1-2H3. The van der Waals surface area contributed by atoms with Gasteiger partial charge in [-0.05, 0) is 66.3 Å². The van der Waals surface area contributed by atoms with Gasteiger partial charge in [-0.25, -0.2) is 0 Å². The van der Waals surface area contributed by atoms with E-state index < -0.39 is 18.0 Å². The van der Waals surface area contributed by atoms with Crippen molar-refractivity contribution >= 4 is 11.6 Å². The summed E-state index contributed by atoms with van der Waals surface area (Å²) in [6.45, 7) is 4.34. The number of hydrogen-bond donors (Lipinski definition) is 2. The first-order valence-corrected chi connectivity index (χ1v) is 11.9. The molecule has 0 bridgehead atoms. The highest BCUT2D eigenvalue weighted by atomic mass is 35.5. The van der Waals surface area contributed by atoms with Crippen LogP contribution in [0.3, 0.4) is 0 Å². The highest BCUT2D eigenvalue weighted by Gasteiger charge is 2.53. The predicted molar refractivity (Wildman–Crippen MR) is 122 cm³/mol. The van der Waals surface area contributed by atoms with E-state index >= 15 is 0 Å². The van der Waals surface area contributed by atoms with Gasteiger partial charge in [-0.15, -0.1) is 0 Å². The average molecular weight is 445 g/mol. The molecule has 31 heavy (non-hydrogen) atoms. The lowest BCUT2D eigenvalue weighted by Crippen LogP contribution is -2.50. The zero-order chi connectivity index (χ0) is 22.0. The summed E-state index contributed by atoms with van der Waals surface area (Å²) < 4.78 is 12.6. The van der Waals surface area contributed by atoms with Crippen LogP contribution in [0.4, 0.5) is 0 Å². The minimum Gasteiger partial charge on any atom is -0.394 e. The van der Waals surface area contributed by atoms with Crippen molar-refractivity contribution in [3.05, 3.63) is 69.2 Å². The summed E-state index contributed by atoms with van der Waals surface area (Å²) in [7, 11) is 0. The molecular formula is C26H33ClO4. The number of aliphatic hydroxyl groups is 2. The number of halogens is 1. The first kappa shape index (κ1) is 22.8. The maximum Gasteiger partial charge on any atom is 0.223 e. The fourth-order valence-electron chi connectivity index (χ4n) is 4.68. The van der Waals surface area contributed by atoms with Crippen molar-refractivity contribution in [3.63, 3.8) is 0 Å². The molecule has 1 saturated carbocycles. The van der Waals surface area contributed by atoms with Crippen LogP contribution in [-0.4, -0.2) is 29.0 Å². The minimum absolute atomic E-state index is 0.113. The lowest BCUT2D eigenvalue weighted by molar-refractivity contribution is -0.320. The summed E-state index contributed by atoms with van der Waals surface area (Å²) in [6, 6.07) is 12.4. The van der Waals surface area contributed by atoms with Crippen LogP contribution in [-0.2, 0) is 34.7 Å². The Labute approximate surface area is 190 Å². The van der Waals surface area contributed by atoms with E-state index in [1.165, 1.54) is 11.1 Å². The Balaban J connectivity index is 1.72. The molecule has 1 fully saturated rings. The van der Waals surface area contributed by atoms with E-state index in [0.29, 0.717) is 24.5 Å². The van der Waals surface area contributed by atoms with Crippen LogP contribution in [0.2, 0.25) is 5.02 Å². The van der Waals surface area contributed by atoms with Crippen molar-refractivity contribution in [3.8, 4) is 0 Å². The van der Waals surface area contributed by atoms with Gasteiger partial charge in [-0.2, -0.15) is 0 Å². The van der Waals surface area contributed by atoms with Crippen LogP contribution < -0.4 is 0 Å². The van der Waals surface area contributed by atoms with Crippen molar-refractivity contribution in [2.45, 2.75) is 77.0 Å². The summed E-state index contributed by atoms with van der Waals surface area (Å²) in [5.41, 5.74) is 5.36. The minimum atomic E-state index is -1.25. The normalized spacial score (nSPS) is 22.7. The second-order valence-corrected chi connectivity index (χ2v) is 9.23. The number of benzene rings is 2. The lowest BCUT2D eigenvalue weighted by Gasteiger charge is -2.43. The third-order valence-electron chi connectivity index (χ3n) is 6.98. The van der Waals surface area contributed by atoms with Crippen LogP contribution in [0.5, 0.6) is 0 Å². The smallest absolute Gasteiger partial charge is 0.223 e. The Morgan fingerprint density at radius 2 is 1.84 bits per heavy atom. The van der Waals surface area contributed by atoms with Crippen molar-refractivity contribution in [2.24, 2.45) is 5.92 Å². The molecule has 0 spiro atoms. The van der Waals surface area contributed by atoms with Crippen LogP contribution in [0.1, 0.15) is 67.3 Å². The second-order valence-electron chi connectivity index (χ2n) is 8.82. The summed E-state index contributed by atoms with van der Waals surface area (Å²) in [4.78, 5) is 0. The van der Waals surface area contributed by atoms with Crippen molar-refractivity contribution in [1.29, 1.82) is 0 Å². The van der Waals surface area contributed by atoms with E-state index in [-0.39, 0.29) is 12.5 Å². The molecule has 5 heteroatoms. The number of aliphatic hydroxyl groups excluding tert-OH is 2. The Morgan fingerprint density at radius 3 is 2.42 bits per heavy atom. The van der Waals surface area contributed by atoms with Gasteiger partial charge in [0.25, 0.3) is 0 Å². The molecule has 1 aliphatic heterocycles. The summed E-state index contributed by atoms with van der Waals surface area (Å²) in [5, 5.41) is 21.8. The molecule has 2 aliphatic rings. The molecule has 2 aromatic carbocycles. The molecule has 3 atom stereocenters. The van der Waals surface area contributed by atoms with Crippen molar-refractivity contribution < 1.29 is 19.7 Å². The van der Waals surface area contributed by atoms with E-state index in [2.05, 4.69) is 31.2 Å². The monoisotopic (exact) mass is 444 g/mol. The van der Waals surface area contributed by atoms with Gasteiger partial charge in [0.05, 0.1) is 19.3 Å². The van der Waals surface area contributed by atoms with E-state index in [1.54, 1.807) is 0 Å². The van der Waals surface area contributed by atoms with Gasteiger partial charge in [0, 0.05) is 10.6 Å². The van der Waals surface area contributed by atoms with Gasteiger partial charge in [0.2, 0.25) is 5.79 Å². The number of ether oxygens (including phenoxy) is 2. The molecule has 2 N–H and O–H groups in total. The van der Waals surface area contributed by atoms with E-state index in [9.17, 15) is 10.2 Å². The fraction of sp³-hybridized carbons (Fsp3) is 0.538. The van der Waals surface area contributed by atoms with E-state index in [4.69, 9.17) is 21.1 Å². The molecule has 0 amide bonds. The molecule has 168 valence electrons. The molecule has 0 saturated heterocycles. The quantitative estimate of drug-likeness (QED) is 0.563. The van der Waals surface area contributed by atoms with Gasteiger partial charge in [-0.1, -0.05) is 62.2 Å². The molecule has 4 nitrogen and oxygen atoms in total. The van der Waals surface area contributed by atoms with Crippen molar-refractivity contribution in [1.82, 2.24) is 0 Å². The Morgan fingerprint density at radius 1 is 1.13 bits per heavy atom. The highest BCUT2D eigenvalue weighted by Crippen LogP contribution is 2.49. The molecule has 0 aromatic heterocycles. The highest BCUT2D eigenvalue weighted by molar-refractivity contribution is 6.31. The van der Waals surface area contributed by atoms with Crippen LogP contribution >= 0.6 is 11.6 Å². The maximum atomic E-state index is 11.3. The second kappa shape index (κ2) is 9.60. The molecule has 4 rings (SSSR count). The zero-order valence-corrected chi connectivity index (χ0v) is 19.2. The van der Waals surface area contributed by atoms with Gasteiger partial charge in [0.15, 0.2) is 0 Å². The topological polar surface area (TPSA) is 58.9 Å². The van der Waals surface area contributed by atoms with Gasteiger partial charge in [-0.3, -0.25) is 0 Å². The van der Waals surface area contributed by atoms with Crippen molar-refractivity contribution in [2.75, 3.05) is 6.61 Å². The molecule has 3 unspecified atom stereocenters. The largest absolute Gasteiger partial charge is 0.394 e. The maximum absolute atomic E-state index is 11.3. The average Bonchev–Trinajstić information content (AvgIpc) is 3.13. The van der Waals surface area contributed by atoms with E-state index in [1.807, 2.05) is 19.1 Å². The molecule has 1 aliphatic carbocycles. The molecule has 1 heterocycles. The van der Waals surface area contributed by atoms with Gasteiger partial charge >= 0.3 is 0 Å². The number of hydrogen-bond acceptors (Lipinski definition) is 4. The third-order valence-corrected chi connectivity index (χ3v) is 7.33. The SMILES string of the molecule is CCc1ccc(Cc2c(Cl)ccc3c2COC3(OC(CC)CO)C(O)C2CCC2)cc1. The van der Waals surface area contributed by atoms with Crippen LogP contribution in [0, 0.1) is 5.92 Å². The summed E-state index contributed by atoms with van der Waals surface area (Å²) in [6.07, 6.45) is 4.21. The molecule has 2 aromatic rings. The third kappa shape index (κ3) is 4.29. The predicted octanol–water partition coefficient (Wildman–Crippen LogP) is 5.12. The van der Waals surface area contributed by atoms with Crippen LogP contribution in [0.15, 0.2) is 36.4 Å². The first-order chi connectivity index (χ1) is 15.0. The number of fused-ring (bicyclic) bond motifs is 1. The first-order valence-electron chi connectivity index (χ1n) is 11.5. The Kier molecular flexibility index (Phi) is 7.04. The number of rotatable bonds is 9. The van der Waals surface area contributed by atoms with Gasteiger partial charge in [0.1, 0.15) is 6.10 Å². The Hall–Kier alpha value is -1.43. The molecule has 0 radical (unpaired) electrons. The number of aryl methyl sites for hydroxylation is 1. The fourth-order valence-corrected chi connectivity index (χ4v) is 4.92. The van der Waals surface area contributed by atoms with E-state index in [0.717, 1.165) is 42.4 Å². The van der Waals surface area contributed by atoms with Gasteiger partial charge < -0.3 is 19.7 Å². The van der Waals surface area contributed by atoms with Crippen LogP contribution in [0.25, 0.3) is 0 Å². The Bertz CT molecular complexity index is 889. The summed E-state index contributed by atoms with van der Waals surface area (Å²) in [5.74, 6) is -1.11. The summed E-state index contributed by atoms with van der Waals surface area (Å²) >= 11 is 6.65.